The molecule has 0 saturated heterocycles. The molecule has 0 aromatic heterocycles. The first kappa shape index (κ1) is 11.7. The van der Waals surface area contributed by atoms with Crippen molar-refractivity contribution >= 4 is 21.9 Å². The Morgan fingerprint density at radius 3 is 2.25 bits per heavy atom. The van der Waals surface area contributed by atoms with Crippen molar-refractivity contribution in [2.75, 3.05) is 5.33 Å². The van der Waals surface area contributed by atoms with Gasteiger partial charge in [-0.1, -0.05) is 15.9 Å². The maximum atomic E-state index is 9.54. The number of aliphatic hydroxyl groups excluding tert-OH is 1. The van der Waals surface area contributed by atoms with Gasteiger partial charge in [-0.25, -0.2) is 0 Å². The Bertz CT molecular complexity index is 76.9. The number of carbonyl (C=O) groups excluding carboxylic acids is 1. The molecule has 0 spiro atoms. The molecular weight excluding hydrogens is 187 g/mol. The van der Waals surface area contributed by atoms with Crippen LogP contribution in [0.1, 0.15) is 0 Å². The van der Waals surface area contributed by atoms with Crippen LogP contribution >= 0.6 is 15.9 Å². The Hall–Kier alpha value is 0.910. The number of halogens is 1. The summed E-state index contributed by atoms with van der Waals surface area (Å²) in [5.41, 5.74) is 0. The first-order valence-electron chi connectivity index (χ1n) is 1.63. The molecule has 0 aliphatic carbocycles. The second kappa shape index (κ2) is 6.04. The number of aliphatic carboxylic acids is 1. The number of carboxylic acids is 1. The molecule has 0 bridgehead atoms. The van der Waals surface area contributed by atoms with E-state index in [0.717, 1.165) is 0 Å². The summed E-state index contributed by atoms with van der Waals surface area (Å²) < 4.78 is 0. The van der Waals surface area contributed by atoms with Crippen molar-refractivity contribution < 1.29 is 44.6 Å². The average Bonchev–Trinajstić information content (AvgIpc) is 1.65. The normalized spacial score (nSPS) is 11.8. The zero-order chi connectivity index (χ0) is 5.86. The number of alkyl halides is 1. The maximum Gasteiger partial charge on any atom is 1.00 e. The summed E-state index contributed by atoms with van der Waals surface area (Å²) in [5.74, 6) is -1.45. The smallest absolute Gasteiger partial charge is 0.547 e. The molecule has 0 aromatic carbocycles. The van der Waals surface area contributed by atoms with Crippen molar-refractivity contribution in [3.8, 4) is 0 Å². The summed E-state index contributed by atoms with van der Waals surface area (Å²) in [6.07, 6.45) is -1.38. The molecule has 0 aromatic rings. The van der Waals surface area contributed by atoms with Crippen molar-refractivity contribution in [1.82, 2.24) is 0 Å². The summed E-state index contributed by atoms with van der Waals surface area (Å²) in [6.45, 7) is 0. The van der Waals surface area contributed by atoms with Gasteiger partial charge in [-0.2, -0.15) is 0 Å². The van der Waals surface area contributed by atoms with Crippen molar-refractivity contribution in [2.24, 2.45) is 0 Å². The fourth-order valence-corrected chi connectivity index (χ4v) is 0.327. The van der Waals surface area contributed by atoms with Gasteiger partial charge in [0, 0.05) is 5.33 Å². The predicted octanol–water partition coefficient (Wildman–Crippen LogP) is -4.50. The van der Waals surface area contributed by atoms with Gasteiger partial charge in [0.2, 0.25) is 0 Å². The molecule has 42 valence electrons. The molecule has 1 unspecified atom stereocenters. The molecule has 5 heteroatoms. The van der Waals surface area contributed by atoms with E-state index in [1.165, 1.54) is 0 Å². The van der Waals surface area contributed by atoms with Crippen molar-refractivity contribution in [3.63, 3.8) is 0 Å². The molecule has 3 nitrogen and oxygen atoms in total. The van der Waals surface area contributed by atoms with Crippen LogP contribution in [0.4, 0.5) is 0 Å². The topological polar surface area (TPSA) is 60.4 Å². The van der Waals surface area contributed by atoms with Crippen LogP contribution in [0.15, 0.2) is 0 Å². The van der Waals surface area contributed by atoms with E-state index < -0.39 is 12.1 Å². The second-order valence-corrected chi connectivity index (χ2v) is 1.64. The Balaban J connectivity index is 0. The van der Waals surface area contributed by atoms with Crippen molar-refractivity contribution in [3.05, 3.63) is 0 Å². The minimum absolute atomic E-state index is 0. The van der Waals surface area contributed by atoms with Crippen LogP contribution < -0.4 is 34.7 Å². The quantitative estimate of drug-likeness (QED) is 0.353. The van der Waals surface area contributed by atoms with Crippen molar-refractivity contribution in [1.29, 1.82) is 0 Å². The fourth-order valence-electron chi connectivity index (χ4n) is 0.0630. The van der Waals surface area contributed by atoms with E-state index in [4.69, 9.17) is 5.11 Å². The molecule has 0 fully saturated rings. The van der Waals surface area contributed by atoms with Gasteiger partial charge in [0.25, 0.3) is 0 Å². The van der Waals surface area contributed by atoms with E-state index >= 15 is 0 Å². The van der Waals surface area contributed by atoms with E-state index in [2.05, 4.69) is 15.9 Å². The molecule has 0 radical (unpaired) electrons. The van der Waals surface area contributed by atoms with Gasteiger partial charge in [0.1, 0.15) is 6.10 Å². The van der Waals surface area contributed by atoms with E-state index in [-0.39, 0.29) is 34.9 Å². The number of aliphatic hydroxyl groups is 1. The minimum atomic E-state index is -1.45. The third kappa shape index (κ3) is 5.05. The van der Waals surface area contributed by atoms with E-state index in [9.17, 15) is 9.90 Å². The van der Waals surface area contributed by atoms with Gasteiger partial charge in [-0.3, -0.25) is 0 Å². The number of hydrogen-bond acceptors (Lipinski definition) is 3. The van der Waals surface area contributed by atoms with Gasteiger partial charge in [0.05, 0.1) is 5.97 Å². The Morgan fingerprint density at radius 2 is 2.25 bits per heavy atom. The molecular formula is C3H4BrNaO3. The van der Waals surface area contributed by atoms with Crippen LogP contribution in [0.5, 0.6) is 0 Å². The molecule has 8 heavy (non-hydrogen) atoms. The SMILES string of the molecule is O=C([O-])C(O)CBr.[Na+]. The van der Waals surface area contributed by atoms with Crippen LogP contribution in [0, 0.1) is 0 Å². The maximum absolute atomic E-state index is 9.54. The third-order valence-electron chi connectivity index (χ3n) is 0.418. The minimum Gasteiger partial charge on any atom is -0.547 e. The van der Waals surface area contributed by atoms with E-state index in [0.29, 0.717) is 0 Å². The Morgan fingerprint density at radius 1 is 1.88 bits per heavy atom. The molecule has 0 aliphatic rings. The van der Waals surface area contributed by atoms with E-state index in [1.807, 2.05) is 0 Å². The van der Waals surface area contributed by atoms with Gasteiger partial charge < -0.3 is 15.0 Å². The monoisotopic (exact) mass is 190 g/mol. The van der Waals surface area contributed by atoms with Crippen LogP contribution in [-0.2, 0) is 4.79 Å². The summed E-state index contributed by atoms with van der Waals surface area (Å²) >= 11 is 2.74. The van der Waals surface area contributed by atoms with Crippen LogP contribution in [0.25, 0.3) is 0 Å². The van der Waals surface area contributed by atoms with Crippen molar-refractivity contribution in [2.45, 2.75) is 6.10 Å². The Labute approximate surface area is 77.5 Å². The fraction of sp³-hybridized carbons (Fsp3) is 0.667. The number of carboxylic acid groups (broad SMARTS) is 1. The number of hydrogen-bond donors (Lipinski definition) is 1. The molecule has 0 rings (SSSR count). The van der Waals surface area contributed by atoms with Crippen LogP contribution in [0.2, 0.25) is 0 Å². The molecule has 0 amide bonds. The van der Waals surface area contributed by atoms with Gasteiger partial charge in [-0.05, 0) is 0 Å². The first-order chi connectivity index (χ1) is 3.18. The van der Waals surface area contributed by atoms with Crippen LogP contribution in [-0.4, -0.2) is 22.5 Å². The van der Waals surface area contributed by atoms with Crippen LogP contribution in [0.3, 0.4) is 0 Å². The molecule has 1 atom stereocenters. The van der Waals surface area contributed by atoms with E-state index in [1.54, 1.807) is 0 Å². The Kier molecular flexibility index (Phi) is 8.81. The van der Waals surface area contributed by atoms with Gasteiger partial charge in [-0.15, -0.1) is 0 Å². The standard InChI is InChI=1S/C3H5BrO3.Na/c4-1-2(5)3(6)7;/h2,5H,1H2,(H,6,7);/q;+1/p-1. The summed E-state index contributed by atoms with van der Waals surface area (Å²) in [4.78, 5) is 9.54. The van der Waals surface area contributed by atoms with Gasteiger partial charge >= 0.3 is 29.6 Å². The zero-order valence-electron chi connectivity index (χ0n) is 4.43. The molecule has 0 heterocycles. The molecule has 0 saturated carbocycles. The predicted molar refractivity (Wildman–Crippen MR) is 24.8 cm³/mol. The zero-order valence-corrected chi connectivity index (χ0v) is 8.01. The van der Waals surface area contributed by atoms with Gasteiger partial charge in [0.15, 0.2) is 0 Å². The summed E-state index contributed by atoms with van der Waals surface area (Å²) in [5, 5.41) is 17.8. The molecule has 0 aliphatic heterocycles. The first-order valence-corrected chi connectivity index (χ1v) is 2.75. The number of rotatable bonds is 2. The summed E-state index contributed by atoms with van der Waals surface area (Å²) in [7, 11) is 0. The second-order valence-electron chi connectivity index (χ2n) is 0.989. The third-order valence-corrected chi connectivity index (χ3v) is 1.03. The average molecular weight is 191 g/mol. The summed E-state index contributed by atoms with van der Waals surface area (Å²) in [6, 6.07) is 0. The largest absolute Gasteiger partial charge is 1.00 e. The molecule has 1 N–H and O–H groups in total. The number of carbonyl (C=O) groups is 1.